The van der Waals surface area contributed by atoms with Crippen LogP contribution in [0.1, 0.15) is 24.1 Å². The Hall–Kier alpha value is -1.98. The molecule has 1 atom stereocenters. The van der Waals surface area contributed by atoms with Crippen LogP contribution in [0.3, 0.4) is 0 Å². The highest BCUT2D eigenvalue weighted by Gasteiger charge is 2.10. The van der Waals surface area contributed by atoms with Gasteiger partial charge in [-0.3, -0.25) is 0 Å². The second kappa shape index (κ2) is 5.77. The minimum atomic E-state index is -0.338. The van der Waals surface area contributed by atoms with Crippen molar-refractivity contribution in [1.82, 2.24) is 0 Å². The third kappa shape index (κ3) is 3.27. The molecule has 1 unspecified atom stereocenters. The first-order valence-electron chi connectivity index (χ1n) is 5.88. The van der Waals surface area contributed by atoms with Crippen LogP contribution in [0.25, 0.3) is 0 Å². The number of anilines is 1. The van der Waals surface area contributed by atoms with Crippen LogP contribution >= 0.6 is 11.6 Å². The van der Waals surface area contributed by atoms with E-state index in [0.717, 1.165) is 16.8 Å². The average Bonchev–Trinajstić information content (AvgIpc) is 2.38. The van der Waals surface area contributed by atoms with E-state index in [4.69, 9.17) is 18.0 Å². The van der Waals surface area contributed by atoms with Crippen molar-refractivity contribution in [3.8, 4) is 12.3 Å². The molecular weight excluding hydrogens is 261 g/mol. The summed E-state index contributed by atoms with van der Waals surface area (Å²) in [5.41, 5.74) is 2.56. The van der Waals surface area contributed by atoms with Crippen molar-refractivity contribution in [2.45, 2.75) is 13.0 Å². The van der Waals surface area contributed by atoms with Crippen molar-refractivity contribution >= 4 is 17.3 Å². The molecule has 0 aliphatic heterocycles. The molecule has 2 aromatic carbocycles. The smallest absolute Gasteiger partial charge is 0.124 e. The molecule has 0 saturated heterocycles. The molecule has 1 nitrogen and oxygen atoms in total. The Morgan fingerprint density at radius 2 is 2.05 bits per heavy atom. The Morgan fingerprint density at radius 1 is 1.26 bits per heavy atom. The van der Waals surface area contributed by atoms with E-state index in [1.165, 1.54) is 12.1 Å². The Morgan fingerprint density at radius 3 is 2.74 bits per heavy atom. The predicted octanol–water partition coefficient (Wildman–Crippen LogP) is 4.63. The van der Waals surface area contributed by atoms with E-state index in [0.29, 0.717) is 5.02 Å². The van der Waals surface area contributed by atoms with Gasteiger partial charge >= 0.3 is 0 Å². The molecule has 2 aromatic rings. The maximum Gasteiger partial charge on any atom is 0.124 e. The minimum absolute atomic E-state index is 0.0406. The van der Waals surface area contributed by atoms with E-state index in [9.17, 15) is 4.39 Å². The highest BCUT2D eigenvalue weighted by molar-refractivity contribution is 6.31. The van der Waals surface area contributed by atoms with Crippen LogP contribution in [-0.2, 0) is 0 Å². The summed E-state index contributed by atoms with van der Waals surface area (Å²) in [4.78, 5) is 0. The van der Waals surface area contributed by atoms with Gasteiger partial charge in [0.05, 0.1) is 0 Å². The van der Waals surface area contributed by atoms with Gasteiger partial charge in [-0.2, -0.15) is 0 Å². The minimum Gasteiger partial charge on any atom is -0.378 e. The third-order valence-corrected chi connectivity index (χ3v) is 3.17. The fourth-order valence-corrected chi connectivity index (χ4v) is 2.21. The summed E-state index contributed by atoms with van der Waals surface area (Å²) >= 11 is 6.04. The quantitative estimate of drug-likeness (QED) is 0.804. The lowest BCUT2D eigenvalue weighted by Crippen LogP contribution is -2.07. The summed E-state index contributed by atoms with van der Waals surface area (Å²) in [5, 5.41) is 3.70. The molecule has 1 N–H and O–H groups in total. The van der Waals surface area contributed by atoms with Gasteiger partial charge in [-0.25, -0.2) is 4.39 Å². The Bertz CT molecular complexity index is 631. The van der Waals surface area contributed by atoms with E-state index in [-0.39, 0.29) is 11.9 Å². The second-order valence-electron chi connectivity index (χ2n) is 4.26. The monoisotopic (exact) mass is 273 g/mol. The predicted molar refractivity (Wildman–Crippen MR) is 77.8 cm³/mol. The Labute approximate surface area is 117 Å². The number of hydrogen-bond acceptors (Lipinski definition) is 1. The van der Waals surface area contributed by atoms with Crippen molar-refractivity contribution in [2.24, 2.45) is 0 Å². The number of nitrogens with one attached hydrogen (secondary N) is 1. The number of hydrogen-bond donors (Lipinski definition) is 1. The van der Waals surface area contributed by atoms with Gasteiger partial charge in [0.25, 0.3) is 0 Å². The number of halogens is 2. The average molecular weight is 274 g/mol. The van der Waals surface area contributed by atoms with E-state index in [1.807, 2.05) is 31.2 Å². The lowest BCUT2D eigenvalue weighted by atomic mass is 10.1. The normalized spacial score (nSPS) is 11.7. The van der Waals surface area contributed by atoms with Gasteiger partial charge in [0.2, 0.25) is 0 Å². The van der Waals surface area contributed by atoms with Crippen LogP contribution in [0.4, 0.5) is 10.1 Å². The van der Waals surface area contributed by atoms with E-state index in [2.05, 4.69) is 11.2 Å². The molecule has 0 amide bonds. The van der Waals surface area contributed by atoms with Crippen molar-refractivity contribution in [2.75, 3.05) is 5.32 Å². The summed E-state index contributed by atoms with van der Waals surface area (Å²) in [7, 11) is 0. The van der Waals surface area contributed by atoms with Crippen LogP contribution in [0.2, 0.25) is 5.02 Å². The van der Waals surface area contributed by atoms with Crippen LogP contribution in [0, 0.1) is 18.2 Å². The topological polar surface area (TPSA) is 12.0 Å². The van der Waals surface area contributed by atoms with Crippen molar-refractivity contribution in [3.63, 3.8) is 0 Å². The largest absolute Gasteiger partial charge is 0.378 e. The molecule has 0 heterocycles. The van der Waals surface area contributed by atoms with E-state index < -0.39 is 0 Å². The molecule has 0 aromatic heterocycles. The maximum absolute atomic E-state index is 13.0. The molecule has 0 saturated carbocycles. The zero-order chi connectivity index (χ0) is 13.8. The molecule has 0 radical (unpaired) electrons. The summed E-state index contributed by atoms with van der Waals surface area (Å²) in [6.07, 6.45) is 5.36. The first-order valence-corrected chi connectivity index (χ1v) is 6.26. The van der Waals surface area contributed by atoms with Crippen LogP contribution in [-0.4, -0.2) is 0 Å². The van der Waals surface area contributed by atoms with Crippen LogP contribution in [0.5, 0.6) is 0 Å². The van der Waals surface area contributed by atoms with Gasteiger partial charge in [-0.15, -0.1) is 6.42 Å². The van der Waals surface area contributed by atoms with Crippen LogP contribution < -0.4 is 5.32 Å². The highest BCUT2D eigenvalue weighted by Crippen LogP contribution is 2.26. The standard InChI is InChI=1S/C16H13ClFN/c1-3-12-5-4-6-14(9-12)19-11(2)15-8-7-13(18)10-16(15)17/h1,4-11,19H,2H3. The van der Waals surface area contributed by atoms with Crippen molar-refractivity contribution in [1.29, 1.82) is 0 Å². The van der Waals surface area contributed by atoms with Gasteiger partial charge in [0.15, 0.2) is 0 Å². The SMILES string of the molecule is C#Cc1cccc(NC(C)c2ccc(F)cc2Cl)c1. The summed E-state index contributed by atoms with van der Waals surface area (Å²) in [6.45, 7) is 1.96. The number of terminal acetylenes is 1. The number of rotatable bonds is 3. The molecule has 19 heavy (non-hydrogen) atoms. The second-order valence-corrected chi connectivity index (χ2v) is 4.66. The van der Waals surface area contributed by atoms with Gasteiger partial charge in [-0.1, -0.05) is 29.7 Å². The molecule has 0 spiro atoms. The molecule has 0 fully saturated rings. The van der Waals surface area contributed by atoms with Crippen molar-refractivity contribution in [3.05, 3.63) is 64.4 Å². The molecule has 2 rings (SSSR count). The van der Waals surface area contributed by atoms with E-state index >= 15 is 0 Å². The van der Waals surface area contributed by atoms with E-state index in [1.54, 1.807) is 6.07 Å². The molecule has 0 aliphatic carbocycles. The van der Waals surface area contributed by atoms with Gasteiger partial charge < -0.3 is 5.32 Å². The fraction of sp³-hybridized carbons (Fsp3) is 0.125. The zero-order valence-electron chi connectivity index (χ0n) is 10.5. The fourth-order valence-electron chi connectivity index (χ4n) is 1.88. The highest BCUT2D eigenvalue weighted by atomic mass is 35.5. The maximum atomic E-state index is 13.0. The lowest BCUT2D eigenvalue weighted by molar-refractivity contribution is 0.626. The first kappa shape index (κ1) is 13.5. The Balaban J connectivity index is 2.20. The molecular formula is C16H13ClFN. The van der Waals surface area contributed by atoms with Gasteiger partial charge in [-0.05, 0) is 42.8 Å². The first-order chi connectivity index (χ1) is 9.10. The zero-order valence-corrected chi connectivity index (χ0v) is 11.2. The molecule has 0 bridgehead atoms. The third-order valence-electron chi connectivity index (χ3n) is 2.84. The summed E-state index contributed by atoms with van der Waals surface area (Å²) in [5.74, 6) is 2.25. The molecule has 3 heteroatoms. The lowest BCUT2D eigenvalue weighted by Gasteiger charge is -2.17. The molecule has 96 valence electrons. The van der Waals surface area contributed by atoms with Gasteiger partial charge in [0, 0.05) is 22.3 Å². The molecule has 0 aliphatic rings. The van der Waals surface area contributed by atoms with Gasteiger partial charge in [0.1, 0.15) is 5.82 Å². The Kier molecular flexibility index (Phi) is 4.09. The number of benzene rings is 2. The van der Waals surface area contributed by atoms with Crippen LogP contribution in [0.15, 0.2) is 42.5 Å². The van der Waals surface area contributed by atoms with Crippen molar-refractivity contribution < 1.29 is 4.39 Å². The summed E-state index contributed by atoms with van der Waals surface area (Å²) < 4.78 is 13.0. The summed E-state index contributed by atoms with van der Waals surface area (Å²) in [6, 6.07) is 11.9.